The Morgan fingerprint density at radius 2 is 1.89 bits per heavy atom. The third-order valence-electron chi connectivity index (χ3n) is 6.01. The van der Waals surface area contributed by atoms with Crippen molar-refractivity contribution in [1.29, 1.82) is 0 Å². The molecule has 5 nitrogen and oxygen atoms in total. The molecule has 2 saturated heterocycles. The van der Waals surface area contributed by atoms with Gasteiger partial charge in [-0.25, -0.2) is 0 Å². The summed E-state index contributed by atoms with van der Waals surface area (Å²) in [5.41, 5.74) is 1.35. The van der Waals surface area contributed by atoms with Crippen LogP contribution in [0.25, 0.3) is 0 Å². The minimum absolute atomic E-state index is 0.0424. The average molecular weight is 386 g/mol. The first-order valence-corrected chi connectivity index (χ1v) is 11.0. The maximum atomic E-state index is 12.7. The van der Waals surface area contributed by atoms with E-state index in [1.165, 1.54) is 18.4 Å². The average Bonchev–Trinajstić information content (AvgIpc) is 3.09. The van der Waals surface area contributed by atoms with Gasteiger partial charge in [-0.2, -0.15) is 0 Å². The van der Waals surface area contributed by atoms with Gasteiger partial charge in [-0.15, -0.1) is 0 Å². The van der Waals surface area contributed by atoms with Crippen LogP contribution in [0.15, 0.2) is 30.3 Å². The fourth-order valence-electron chi connectivity index (χ4n) is 4.53. The molecule has 0 aliphatic carbocycles. The number of nitrogens with one attached hydrogen (secondary N) is 1. The molecule has 1 N–H and O–H groups in total. The van der Waals surface area contributed by atoms with Gasteiger partial charge < -0.3 is 10.2 Å². The third-order valence-corrected chi connectivity index (χ3v) is 6.01. The fraction of sp³-hybridized carbons (Fsp3) is 0.652. The monoisotopic (exact) mass is 385 g/mol. The summed E-state index contributed by atoms with van der Waals surface area (Å²) < 4.78 is 0. The minimum atomic E-state index is -0.259. The zero-order valence-electron chi connectivity index (χ0n) is 17.2. The molecular weight excluding hydrogens is 350 g/mol. The molecule has 0 aromatic heterocycles. The van der Waals surface area contributed by atoms with Gasteiger partial charge in [-0.3, -0.25) is 14.5 Å². The highest BCUT2D eigenvalue weighted by Crippen LogP contribution is 2.21. The Balaban J connectivity index is 1.49. The van der Waals surface area contributed by atoms with Crippen molar-refractivity contribution in [3.8, 4) is 0 Å². The van der Waals surface area contributed by atoms with Crippen LogP contribution in [0.4, 0.5) is 0 Å². The number of likely N-dealkylation sites (tertiary alicyclic amines) is 2. The summed E-state index contributed by atoms with van der Waals surface area (Å²) in [6.45, 7) is 6.59. The summed E-state index contributed by atoms with van der Waals surface area (Å²) in [6.07, 6.45) is 6.71. The highest BCUT2D eigenvalue weighted by molar-refractivity contribution is 5.88. The van der Waals surface area contributed by atoms with Gasteiger partial charge in [0.05, 0.1) is 0 Å². The molecule has 5 heteroatoms. The normalized spacial score (nSPS) is 23.4. The molecule has 2 fully saturated rings. The maximum absolute atomic E-state index is 12.7. The molecule has 0 radical (unpaired) electrons. The molecule has 1 aromatic carbocycles. The molecule has 0 saturated carbocycles. The molecule has 2 aliphatic rings. The molecule has 28 heavy (non-hydrogen) atoms. The summed E-state index contributed by atoms with van der Waals surface area (Å²) in [6, 6.07) is 10.4. The van der Waals surface area contributed by atoms with Gasteiger partial charge in [-0.1, -0.05) is 43.7 Å². The number of rotatable bonds is 7. The van der Waals surface area contributed by atoms with Crippen molar-refractivity contribution in [1.82, 2.24) is 15.1 Å². The SMILES string of the molecule is CCCC(=O)N1CCCC1C(=O)NCC1CCCCN(Cc2ccccc2)C1. The second-order valence-corrected chi connectivity index (χ2v) is 8.32. The molecule has 154 valence electrons. The van der Waals surface area contributed by atoms with E-state index in [9.17, 15) is 9.59 Å². The van der Waals surface area contributed by atoms with Gasteiger partial charge in [0, 0.05) is 32.6 Å². The summed E-state index contributed by atoms with van der Waals surface area (Å²) >= 11 is 0. The lowest BCUT2D eigenvalue weighted by atomic mass is 10.0. The maximum Gasteiger partial charge on any atom is 0.242 e. The molecular formula is C23H35N3O2. The van der Waals surface area contributed by atoms with E-state index in [4.69, 9.17) is 0 Å². The van der Waals surface area contributed by atoms with Crippen LogP contribution < -0.4 is 5.32 Å². The van der Waals surface area contributed by atoms with Gasteiger partial charge >= 0.3 is 0 Å². The van der Waals surface area contributed by atoms with Crippen molar-refractivity contribution in [2.75, 3.05) is 26.2 Å². The fourth-order valence-corrected chi connectivity index (χ4v) is 4.53. The number of hydrogen-bond donors (Lipinski definition) is 1. The van der Waals surface area contributed by atoms with E-state index < -0.39 is 0 Å². The van der Waals surface area contributed by atoms with Crippen LogP contribution in [0.3, 0.4) is 0 Å². The van der Waals surface area contributed by atoms with Crippen LogP contribution >= 0.6 is 0 Å². The van der Waals surface area contributed by atoms with Crippen LogP contribution in [-0.4, -0.2) is 53.8 Å². The zero-order chi connectivity index (χ0) is 19.8. The first kappa shape index (κ1) is 20.8. The molecule has 2 aliphatic heterocycles. The quantitative estimate of drug-likeness (QED) is 0.784. The van der Waals surface area contributed by atoms with Crippen LogP contribution in [0.1, 0.15) is 57.4 Å². The van der Waals surface area contributed by atoms with E-state index in [0.29, 0.717) is 12.3 Å². The van der Waals surface area contributed by atoms with E-state index in [1.54, 1.807) is 4.90 Å². The van der Waals surface area contributed by atoms with E-state index >= 15 is 0 Å². The molecule has 1 aromatic rings. The largest absolute Gasteiger partial charge is 0.354 e. The minimum Gasteiger partial charge on any atom is -0.354 e. The van der Waals surface area contributed by atoms with Crippen molar-refractivity contribution < 1.29 is 9.59 Å². The van der Waals surface area contributed by atoms with Crippen molar-refractivity contribution in [3.63, 3.8) is 0 Å². The lowest BCUT2D eigenvalue weighted by Gasteiger charge is -2.27. The molecule has 2 atom stereocenters. The van der Waals surface area contributed by atoms with Crippen LogP contribution in [0.2, 0.25) is 0 Å². The number of benzene rings is 1. The highest BCUT2D eigenvalue weighted by atomic mass is 16.2. The first-order valence-electron chi connectivity index (χ1n) is 11.0. The highest BCUT2D eigenvalue weighted by Gasteiger charge is 2.33. The Morgan fingerprint density at radius 1 is 1.07 bits per heavy atom. The Hall–Kier alpha value is -1.88. The van der Waals surface area contributed by atoms with E-state index in [0.717, 1.165) is 58.4 Å². The lowest BCUT2D eigenvalue weighted by molar-refractivity contribution is -0.138. The standard InChI is InChI=1S/C23H35N3O2/c1-2-9-22(27)26-15-8-13-21(26)23(28)24-16-20-12-6-7-14-25(18-20)17-19-10-4-3-5-11-19/h3-5,10-11,20-21H,2,6-9,12-18H2,1H3,(H,24,28). The van der Waals surface area contributed by atoms with Crippen molar-refractivity contribution in [3.05, 3.63) is 35.9 Å². The number of carbonyl (C=O) groups is 2. The van der Waals surface area contributed by atoms with Gasteiger partial charge in [-0.05, 0) is 50.1 Å². The van der Waals surface area contributed by atoms with Crippen LogP contribution in [0, 0.1) is 5.92 Å². The summed E-state index contributed by atoms with van der Waals surface area (Å²) in [4.78, 5) is 29.3. The smallest absolute Gasteiger partial charge is 0.242 e. The topological polar surface area (TPSA) is 52.7 Å². The number of carbonyl (C=O) groups excluding carboxylic acids is 2. The first-order chi connectivity index (χ1) is 13.7. The van der Waals surface area contributed by atoms with E-state index in [2.05, 4.69) is 40.5 Å². The molecule has 2 heterocycles. The second-order valence-electron chi connectivity index (χ2n) is 8.32. The van der Waals surface area contributed by atoms with E-state index in [1.807, 2.05) is 6.92 Å². The predicted molar refractivity (Wildman–Crippen MR) is 112 cm³/mol. The Morgan fingerprint density at radius 3 is 2.68 bits per heavy atom. The molecule has 3 rings (SSSR count). The number of hydrogen-bond acceptors (Lipinski definition) is 3. The molecule has 0 bridgehead atoms. The van der Waals surface area contributed by atoms with Gasteiger partial charge in [0.1, 0.15) is 6.04 Å². The molecule has 2 amide bonds. The van der Waals surface area contributed by atoms with Gasteiger partial charge in [0.25, 0.3) is 0 Å². The van der Waals surface area contributed by atoms with Crippen molar-refractivity contribution in [2.24, 2.45) is 5.92 Å². The van der Waals surface area contributed by atoms with Crippen molar-refractivity contribution in [2.45, 2.75) is 64.5 Å². The van der Waals surface area contributed by atoms with Crippen molar-refractivity contribution >= 4 is 11.8 Å². The second kappa shape index (κ2) is 10.6. The third kappa shape index (κ3) is 5.81. The van der Waals surface area contributed by atoms with Gasteiger partial charge in [0.15, 0.2) is 0 Å². The zero-order valence-corrected chi connectivity index (χ0v) is 17.2. The van der Waals surface area contributed by atoms with E-state index in [-0.39, 0.29) is 17.9 Å². The molecule has 0 spiro atoms. The van der Waals surface area contributed by atoms with Crippen LogP contribution in [0.5, 0.6) is 0 Å². The summed E-state index contributed by atoms with van der Waals surface area (Å²) in [7, 11) is 0. The Kier molecular flexibility index (Phi) is 7.90. The number of nitrogens with zero attached hydrogens (tertiary/aromatic N) is 2. The summed E-state index contributed by atoms with van der Waals surface area (Å²) in [5.74, 6) is 0.654. The Labute approximate surface area is 169 Å². The predicted octanol–water partition coefficient (Wildman–Crippen LogP) is 3.20. The van der Waals surface area contributed by atoms with Crippen LogP contribution in [-0.2, 0) is 16.1 Å². The Bertz CT molecular complexity index is 634. The molecule has 2 unspecified atom stereocenters. The lowest BCUT2D eigenvalue weighted by Crippen LogP contribution is -2.47. The number of amides is 2. The summed E-state index contributed by atoms with van der Waals surface area (Å²) in [5, 5.41) is 3.17. The van der Waals surface area contributed by atoms with Gasteiger partial charge in [0.2, 0.25) is 11.8 Å².